The van der Waals surface area contributed by atoms with E-state index in [1.54, 1.807) is 22.2 Å². The molecule has 16 heteroatoms. The molecular weight excluding hydrogens is 805 g/mol. The zero-order valence-corrected chi connectivity index (χ0v) is 36.6. The Kier molecular flexibility index (Phi) is 13.2. The van der Waals surface area contributed by atoms with Crippen molar-refractivity contribution < 1.29 is 37.8 Å². The van der Waals surface area contributed by atoms with Gasteiger partial charge in [0.05, 0.1) is 55.7 Å². The molecule has 3 aromatic heterocycles. The molecule has 3 aliphatic heterocycles. The van der Waals surface area contributed by atoms with Crippen molar-refractivity contribution in [2.75, 3.05) is 33.4 Å². The maximum absolute atomic E-state index is 14.1. The molecule has 334 valence electrons. The number of carbonyl (C=O) groups is 4. The minimum atomic E-state index is -0.747. The van der Waals surface area contributed by atoms with E-state index < -0.39 is 24.3 Å². The van der Waals surface area contributed by atoms with Crippen LogP contribution in [0.1, 0.15) is 96.4 Å². The van der Waals surface area contributed by atoms with E-state index in [2.05, 4.69) is 26.7 Å². The summed E-state index contributed by atoms with van der Waals surface area (Å²) < 4.78 is 22.8. The SMILES string of the molecule is COC(=O)N[C@H](C(=O)N1CCC[C@H]1c1ncc(-c2ccc3oc(-c4ccc(-c5cnc([C@@H]6C[C@@H]7CN6C(=O)[C@H](C(C)C)NC(=O)OCCCCCCO7)[nH]5)cc4)cc3c2)[nH]1)C(C)C. The Morgan fingerprint density at radius 2 is 1.52 bits per heavy atom. The largest absolute Gasteiger partial charge is 0.456 e. The van der Waals surface area contributed by atoms with Crippen molar-refractivity contribution in [3.8, 4) is 33.8 Å². The normalized spacial score (nSPS) is 21.9. The predicted molar refractivity (Wildman–Crippen MR) is 235 cm³/mol. The lowest BCUT2D eigenvalue weighted by Crippen LogP contribution is -2.51. The third-order valence-corrected chi connectivity index (χ3v) is 12.4. The molecule has 16 nitrogen and oxygen atoms in total. The first-order valence-corrected chi connectivity index (χ1v) is 22.2. The van der Waals surface area contributed by atoms with E-state index in [1.165, 1.54) is 7.11 Å². The fraction of sp³-hybridized carbons (Fsp3) is 0.489. The van der Waals surface area contributed by atoms with Crippen LogP contribution in [0.2, 0.25) is 0 Å². The lowest BCUT2D eigenvalue weighted by Gasteiger charge is -2.30. The van der Waals surface area contributed by atoms with Crippen LogP contribution in [0.5, 0.6) is 0 Å². The van der Waals surface area contributed by atoms with Crippen LogP contribution >= 0.6 is 0 Å². The van der Waals surface area contributed by atoms with Gasteiger partial charge < -0.3 is 49.0 Å². The van der Waals surface area contributed by atoms with Crippen LogP contribution in [-0.2, 0) is 23.8 Å². The number of ether oxygens (including phenoxy) is 3. The number of nitrogens with zero attached hydrogens (tertiary/aromatic N) is 4. The Hall–Kier alpha value is -6.16. The molecule has 4 amide bonds. The van der Waals surface area contributed by atoms with E-state index in [0.717, 1.165) is 83.3 Å². The maximum Gasteiger partial charge on any atom is 0.407 e. The molecule has 5 aromatic rings. The van der Waals surface area contributed by atoms with Gasteiger partial charge in [-0.25, -0.2) is 19.6 Å². The molecule has 0 aliphatic carbocycles. The molecule has 2 aromatic carbocycles. The standard InChI is InChI=1S/C47H58N8O8/c1-27(2)40(52-46(58)60-5)44(56)54-18-10-11-36(54)42-48-25-35(51-42)31-16-17-38-32(21-31)22-39(63-38)30-14-12-29(13-15-30)34-24-49-43(50-34)37-23-33-26-55(37)45(57)41(28(3)4)53-47(59)62-20-9-7-6-8-19-61-33/h12-17,21-22,24-25,27-28,33,36-37,40-41H,6-11,18-20,23,26H2,1-5H3,(H,48,51)(H,49,50)(H,52,58)(H,53,59)/t33-,36+,37+,40+,41+/m1/s1. The average molecular weight is 863 g/mol. The Labute approximate surface area is 366 Å². The van der Waals surface area contributed by atoms with Crippen molar-refractivity contribution in [1.29, 1.82) is 0 Å². The minimum absolute atomic E-state index is 0.119. The Morgan fingerprint density at radius 3 is 2.24 bits per heavy atom. The van der Waals surface area contributed by atoms with Gasteiger partial charge >= 0.3 is 12.2 Å². The monoisotopic (exact) mass is 862 g/mol. The number of imidazole rings is 2. The predicted octanol–water partition coefficient (Wildman–Crippen LogP) is 7.91. The summed E-state index contributed by atoms with van der Waals surface area (Å²) in [6.45, 7) is 9.55. The van der Waals surface area contributed by atoms with Crippen molar-refractivity contribution in [3.63, 3.8) is 0 Å². The van der Waals surface area contributed by atoms with Crippen molar-refractivity contribution in [2.24, 2.45) is 11.8 Å². The second kappa shape index (κ2) is 19.1. The summed E-state index contributed by atoms with van der Waals surface area (Å²) in [4.78, 5) is 72.4. The number of aromatic nitrogens is 4. The Balaban J connectivity index is 0.959. The van der Waals surface area contributed by atoms with Crippen LogP contribution in [0.3, 0.4) is 0 Å². The van der Waals surface area contributed by atoms with Gasteiger partial charge in [0.2, 0.25) is 11.8 Å². The highest BCUT2D eigenvalue weighted by Gasteiger charge is 2.42. The van der Waals surface area contributed by atoms with E-state index in [9.17, 15) is 19.2 Å². The molecule has 8 rings (SSSR count). The molecule has 63 heavy (non-hydrogen) atoms. The van der Waals surface area contributed by atoms with Crippen molar-refractivity contribution in [2.45, 2.75) is 103 Å². The van der Waals surface area contributed by atoms with Crippen LogP contribution < -0.4 is 10.6 Å². The number of benzene rings is 2. The Morgan fingerprint density at radius 1 is 0.841 bits per heavy atom. The number of hydrogen-bond donors (Lipinski definition) is 4. The van der Waals surface area contributed by atoms with Gasteiger partial charge in [0, 0.05) is 42.6 Å². The smallest absolute Gasteiger partial charge is 0.407 e. The van der Waals surface area contributed by atoms with Gasteiger partial charge in [0.15, 0.2) is 0 Å². The number of rotatable bonds is 9. The molecule has 3 saturated heterocycles. The third kappa shape index (κ3) is 9.60. The van der Waals surface area contributed by atoms with Crippen LogP contribution in [0.15, 0.2) is 65.3 Å². The van der Waals surface area contributed by atoms with E-state index in [-0.39, 0.29) is 41.8 Å². The van der Waals surface area contributed by atoms with Gasteiger partial charge in [-0.05, 0) is 73.8 Å². The van der Waals surface area contributed by atoms with Gasteiger partial charge in [0.25, 0.3) is 0 Å². The molecule has 6 heterocycles. The highest BCUT2D eigenvalue weighted by Crippen LogP contribution is 2.37. The van der Waals surface area contributed by atoms with Gasteiger partial charge in [-0.1, -0.05) is 58.4 Å². The van der Waals surface area contributed by atoms with E-state index in [4.69, 9.17) is 28.6 Å². The van der Waals surface area contributed by atoms with Crippen LogP contribution in [-0.4, -0.2) is 105 Å². The zero-order chi connectivity index (χ0) is 44.2. The number of carbonyl (C=O) groups excluding carboxylic acids is 4. The first-order chi connectivity index (χ1) is 30.5. The van der Waals surface area contributed by atoms with E-state index in [0.29, 0.717) is 44.4 Å². The highest BCUT2D eigenvalue weighted by molar-refractivity contribution is 5.88. The fourth-order valence-corrected chi connectivity index (χ4v) is 8.92. The molecule has 2 bridgehead atoms. The van der Waals surface area contributed by atoms with Gasteiger partial charge in [-0.2, -0.15) is 0 Å². The second-order valence-electron chi connectivity index (χ2n) is 17.5. The summed E-state index contributed by atoms with van der Waals surface area (Å²) in [5.74, 6) is 1.49. The number of aromatic amines is 2. The van der Waals surface area contributed by atoms with Gasteiger partial charge in [-0.3, -0.25) is 9.59 Å². The number of alkyl carbamates (subject to hydrolysis) is 2. The quantitative estimate of drug-likeness (QED) is 0.113. The third-order valence-electron chi connectivity index (χ3n) is 12.4. The topological polar surface area (TPSA) is 197 Å². The lowest BCUT2D eigenvalue weighted by atomic mass is 10.0. The summed E-state index contributed by atoms with van der Waals surface area (Å²) in [5, 5.41) is 6.46. The number of likely N-dealkylation sites (tertiary alicyclic amines) is 1. The number of hydrogen-bond acceptors (Lipinski definition) is 10. The van der Waals surface area contributed by atoms with Crippen molar-refractivity contribution in [1.82, 2.24) is 40.4 Å². The summed E-state index contributed by atoms with van der Waals surface area (Å²) >= 11 is 0. The molecule has 0 unspecified atom stereocenters. The van der Waals surface area contributed by atoms with Crippen molar-refractivity contribution >= 4 is 35.0 Å². The van der Waals surface area contributed by atoms with Crippen LogP contribution in [0.4, 0.5) is 9.59 Å². The molecule has 3 aliphatic rings. The number of H-pyrrole nitrogens is 2. The lowest BCUT2D eigenvalue weighted by molar-refractivity contribution is -0.136. The summed E-state index contributed by atoms with van der Waals surface area (Å²) in [6, 6.07) is 14.0. The van der Waals surface area contributed by atoms with E-state index >= 15 is 0 Å². The molecule has 0 saturated carbocycles. The molecule has 5 atom stereocenters. The fourth-order valence-electron chi connectivity index (χ4n) is 8.92. The number of methoxy groups -OCH3 is 1. The summed E-state index contributed by atoms with van der Waals surface area (Å²) in [7, 11) is 1.29. The molecular formula is C47H58N8O8. The molecule has 0 radical (unpaired) electrons. The number of amides is 4. The number of furan rings is 1. The summed E-state index contributed by atoms with van der Waals surface area (Å²) in [6.07, 6.45) is 8.04. The van der Waals surface area contributed by atoms with Crippen LogP contribution in [0, 0.1) is 11.8 Å². The molecule has 0 spiro atoms. The average Bonchev–Trinajstić information content (AvgIpc) is 4.13. The van der Waals surface area contributed by atoms with Crippen molar-refractivity contribution in [3.05, 3.63) is 72.6 Å². The summed E-state index contributed by atoms with van der Waals surface area (Å²) in [5.41, 5.74) is 5.15. The number of fused-ring (bicyclic) bond motifs is 3. The maximum atomic E-state index is 14.1. The van der Waals surface area contributed by atoms with E-state index in [1.807, 2.05) is 70.2 Å². The van der Waals surface area contributed by atoms with Crippen LogP contribution in [0.25, 0.3) is 44.8 Å². The number of nitrogens with one attached hydrogen (secondary N) is 4. The van der Waals surface area contributed by atoms with Gasteiger partial charge in [0.1, 0.15) is 35.1 Å². The molecule has 4 N–H and O–H groups in total. The minimum Gasteiger partial charge on any atom is -0.456 e. The molecule has 3 fully saturated rings. The van der Waals surface area contributed by atoms with Gasteiger partial charge in [-0.15, -0.1) is 0 Å². The first-order valence-electron chi connectivity index (χ1n) is 22.2. The first kappa shape index (κ1) is 43.5. The number of cyclic esters (lactones) is 1. The Bertz CT molecular complexity index is 2400. The zero-order valence-electron chi connectivity index (χ0n) is 36.6. The second-order valence-corrected chi connectivity index (χ2v) is 17.5. The highest BCUT2D eigenvalue weighted by atomic mass is 16.5.